The molecule has 2 aromatic heterocycles. The van der Waals surface area contributed by atoms with Crippen molar-refractivity contribution in [1.82, 2.24) is 14.9 Å². The number of thiophene rings is 1. The smallest absolute Gasteiger partial charge is 0.306 e. The van der Waals surface area contributed by atoms with Crippen molar-refractivity contribution in [3.8, 4) is 0 Å². The molecule has 2 heterocycles. The van der Waals surface area contributed by atoms with Crippen LogP contribution in [0.2, 0.25) is 0 Å². The molecule has 0 unspecified atom stereocenters. The maximum Gasteiger partial charge on any atom is 0.306 e. The molecule has 30 heavy (non-hydrogen) atoms. The van der Waals surface area contributed by atoms with Crippen LogP contribution in [0.25, 0.3) is 10.9 Å². The van der Waals surface area contributed by atoms with Crippen LogP contribution in [0, 0.1) is 0 Å². The molecule has 0 aliphatic heterocycles. The number of nitrogens with zero attached hydrogens (tertiary/aromatic N) is 2. The lowest BCUT2D eigenvalue weighted by atomic mass is 10.2. The number of aromatic nitrogens is 2. The van der Waals surface area contributed by atoms with Gasteiger partial charge in [0.15, 0.2) is 6.61 Å². The standard InChI is InChI=1S/C21H19N3O5S/c25-18(23-20(27)16-6-3-11-30-16)12-29-19(26)10-9-17-22-15-5-2-1-4-14(15)21(28)24(17)13-7-8-13/h1-6,11,13H,7-10,12H2,(H,23,25,27). The molecular formula is C21H19N3O5S. The van der Waals surface area contributed by atoms with Gasteiger partial charge in [-0.3, -0.25) is 29.1 Å². The Balaban J connectivity index is 1.35. The van der Waals surface area contributed by atoms with E-state index in [0.717, 1.165) is 12.8 Å². The van der Waals surface area contributed by atoms with E-state index in [1.54, 1.807) is 40.3 Å². The van der Waals surface area contributed by atoms with Gasteiger partial charge in [0.05, 0.1) is 22.2 Å². The highest BCUT2D eigenvalue weighted by atomic mass is 32.1. The predicted octanol–water partition coefficient (Wildman–Crippen LogP) is 2.23. The third kappa shape index (κ3) is 4.46. The number of rotatable bonds is 7. The van der Waals surface area contributed by atoms with Gasteiger partial charge in [0.2, 0.25) is 0 Å². The summed E-state index contributed by atoms with van der Waals surface area (Å²) in [7, 11) is 0. The fraction of sp³-hybridized carbons (Fsp3) is 0.286. The van der Waals surface area contributed by atoms with Gasteiger partial charge in [-0.15, -0.1) is 11.3 Å². The molecule has 1 N–H and O–H groups in total. The Morgan fingerprint density at radius 2 is 1.97 bits per heavy atom. The summed E-state index contributed by atoms with van der Waals surface area (Å²) < 4.78 is 6.63. The van der Waals surface area contributed by atoms with Crippen molar-refractivity contribution in [2.75, 3.05) is 6.61 Å². The van der Waals surface area contributed by atoms with Crippen LogP contribution in [0.3, 0.4) is 0 Å². The van der Waals surface area contributed by atoms with E-state index in [0.29, 0.717) is 21.6 Å². The number of imide groups is 1. The van der Waals surface area contributed by atoms with E-state index in [1.807, 2.05) is 6.07 Å². The number of carbonyl (C=O) groups is 3. The van der Waals surface area contributed by atoms with Gasteiger partial charge in [0.25, 0.3) is 17.4 Å². The SMILES string of the molecule is O=C(COC(=O)CCc1nc2ccccc2c(=O)n1C1CC1)NC(=O)c1cccs1. The summed E-state index contributed by atoms with van der Waals surface area (Å²) in [6.07, 6.45) is 2.03. The van der Waals surface area contributed by atoms with Crippen LogP contribution in [0.15, 0.2) is 46.6 Å². The van der Waals surface area contributed by atoms with E-state index < -0.39 is 24.4 Å². The van der Waals surface area contributed by atoms with Crippen LogP contribution in [-0.4, -0.2) is 33.9 Å². The Morgan fingerprint density at radius 1 is 1.17 bits per heavy atom. The van der Waals surface area contributed by atoms with Gasteiger partial charge in [-0.25, -0.2) is 4.98 Å². The number of hydrogen-bond acceptors (Lipinski definition) is 7. The molecule has 1 aliphatic carbocycles. The van der Waals surface area contributed by atoms with Gasteiger partial charge in [-0.2, -0.15) is 0 Å². The topological polar surface area (TPSA) is 107 Å². The van der Waals surface area contributed by atoms with E-state index in [4.69, 9.17) is 4.74 Å². The summed E-state index contributed by atoms with van der Waals surface area (Å²) in [6, 6.07) is 10.5. The Hall–Kier alpha value is -3.33. The molecule has 1 aliphatic rings. The quantitative estimate of drug-likeness (QED) is 0.582. The molecule has 0 saturated heterocycles. The fourth-order valence-corrected chi connectivity index (χ4v) is 3.76. The van der Waals surface area contributed by atoms with E-state index in [1.165, 1.54) is 11.3 Å². The Labute approximate surface area is 175 Å². The van der Waals surface area contributed by atoms with Crippen molar-refractivity contribution >= 4 is 40.0 Å². The zero-order valence-electron chi connectivity index (χ0n) is 16.0. The second-order valence-corrected chi connectivity index (χ2v) is 7.91. The molecular weight excluding hydrogens is 406 g/mol. The van der Waals surface area contributed by atoms with Gasteiger partial charge in [0.1, 0.15) is 5.82 Å². The molecule has 9 heteroatoms. The highest BCUT2D eigenvalue weighted by molar-refractivity contribution is 7.12. The first-order valence-corrected chi connectivity index (χ1v) is 10.4. The first-order valence-electron chi connectivity index (χ1n) is 9.56. The molecule has 2 amide bonds. The summed E-state index contributed by atoms with van der Waals surface area (Å²) in [5.41, 5.74) is 0.493. The van der Waals surface area contributed by atoms with Gasteiger partial charge >= 0.3 is 5.97 Å². The first-order chi connectivity index (χ1) is 14.5. The highest BCUT2D eigenvalue weighted by Gasteiger charge is 2.28. The molecule has 8 nitrogen and oxygen atoms in total. The Morgan fingerprint density at radius 3 is 2.70 bits per heavy atom. The summed E-state index contributed by atoms with van der Waals surface area (Å²) in [5, 5.41) is 4.45. The fourth-order valence-electron chi connectivity index (χ4n) is 3.14. The van der Waals surface area contributed by atoms with Crippen LogP contribution in [0.5, 0.6) is 0 Å². The molecule has 0 bridgehead atoms. The second kappa shape index (κ2) is 8.58. The summed E-state index contributed by atoms with van der Waals surface area (Å²) >= 11 is 1.21. The maximum absolute atomic E-state index is 12.8. The third-order valence-electron chi connectivity index (χ3n) is 4.71. The van der Waals surface area contributed by atoms with Crippen molar-refractivity contribution < 1.29 is 19.1 Å². The molecule has 3 aromatic rings. The van der Waals surface area contributed by atoms with Gasteiger partial charge in [-0.1, -0.05) is 18.2 Å². The predicted molar refractivity (Wildman–Crippen MR) is 110 cm³/mol. The average Bonchev–Trinajstić information content (AvgIpc) is 3.41. The first kappa shape index (κ1) is 20.0. The normalized spacial score (nSPS) is 13.2. The van der Waals surface area contributed by atoms with E-state index in [2.05, 4.69) is 10.3 Å². The highest BCUT2D eigenvalue weighted by Crippen LogP contribution is 2.34. The number of esters is 1. The summed E-state index contributed by atoms with van der Waals surface area (Å²) in [5.74, 6) is -1.28. The molecule has 1 fully saturated rings. The number of amides is 2. The number of para-hydroxylation sites is 1. The molecule has 4 rings (SSSR count). The summed E-state index contributed by atoms with van der Waals surface area (Å²) in [6.45, 7) is -0.545. The van der Waals surface area contributed by atoms with Crippen LogP contribution >= 0.6 is 11.3 Å². The average molecular weight is 425 g/mol. The summed E-state index contributed by atoms with van der Waals surface area (Å²) in [4.78, 5) is 53.5. The van der Waals surface area contributed by atoms with Crippen LogP contribution in [0.1, 0.15) is 40.8 Å². The minimum atomic E-state index is -0.694. The number of aryl methyl sites for hydroxylation is 1. The van der Waals surface area contributed by atoms with Crippen LogP contribution in [-0.2, 0) is 20.7 Å². The van der Waals surface area contributed by atoms with Gasteiger partial charge in [-0.05, 0) is 36.4 Å². The van der Waals surface area contributed by atoms with Crippen molar-refractivity contribution in [1.29, 1.82) is 0 Å². The molecule has 0 spiro atoms. The van der Waals surface area contributed by atoms with Crippen molar-refractivity contribution in [3.63, 3.8) is 0 Å². The third-order valence-corrected chi connectivity index (χ3v) is 5.58. The number of carbonyl (C=O) groups excluding carboxylic acids is 3. The maximum atomic E-state index is 12.8. The number of fused-ring (bicyclic) bond motifs is 1. The van der Waals surface area contributed by atoms with Gasteiger partial charge < -0.3 is 4.74 Å². The van der Waals surface area contributed by atoms with E-state index in [-0.39, 0.29) is 24.4 Å². The lowest BCUT2D eigenvalue weighted by Crippen LogP contribution is -2.33. The lowest BCUT2D eigenvalue weighted by Gasteiger charge is -2.12. The minimum absolute atomic E-state index is 0.0242. The number of ether oxygens (including phenoxy) is 1. The van der Waals surface area contributed by atoms with Crippen molar-refractivity contribution in [3.05, 3.63) is 62.8 Å². The second-order valence-electron chi connectivity index (χ2n) is 6.97. The van der Waals surface area contributed by atoms with E-state index >= 15 is 0 Å². The zero-order chi connectivity index (χ0) is 21.1. The molecule has 1 aromatic carbocycles. The number of hydrogen-bond donors (Lipinski definition) is 1. The van der Waals surface area contributed by atoms with Crippen molar-refractivity contribution in [2.24, 2.45) is 0 Å². The molecule has 0 radical (unpaired) electrons. The Bertz CT molecular complexity index is 1170. The van der Waals surface area contributed by atoms with E-state index in [9.17, 15) is 19.2 Å². The van der Waals surface area contributed by atoms with Gasteiger partial charge in [0, 0.05) is 12.5 Å². The monoisotopic (exact) mass is 425 g/mol. The minimum Gasteiger partial charge on any atom is -0.456 e. The zero-order valence-corrected chi connectivity index (χ0v) is 16.8. The molecule has 0 atom stereocenters. The van der Waals surface area contributed by atoms with Crippen LogP contribution in [0.4, 0.5) is 0 Å². The Kier molecular flexibility index (Phi) is 5.71. The molecule has 1 saturated carbocycles. The number of benzene rings is 1. The lowest BCUT2D eigenvalue weighted by molar-refractivity contribution is -0.148. The van der Waals surface area contributed by atoms with Crippen molar-refractivity contribution in [2.45, 2.75) is 31.7 Å². The van der Waals surface area contributed by atoms with Crippen LogP contribution < -0.4 is 10.9 Å². The number of nitrogens with one attached hydrogen (secondary N) is 1. The largest absolute Gasteiger partial charge is 0.456 e. The molecule has 154 valence electrons.